The summed E-state index contributed by atoms with van der Waals surface area (Å²) < 4.78 is 6.17. The van der Waals surface area contributed by atoms with E-state index in [9.17, 15) is 4.79 Å². The van der Waals surface area contributed by atoms with E-state index in [-0.39, 0.29) is 12.1 Å². The van der Waals surface area contributed by atoms with E-state index >= 15 is 0 Å². The molecule has 0 saturated carbocycles. The Balaban J connectivity index is 1.21. The van der Waals surface area contributed by atoms with Gasteiger partial charge in [0, 0.05) is 43.1 Å². The van der Waals surface area contributed by atoms with E-state index in [1.807, 2.05) is 53.4 Å². The van der Waals surface area contributed by atoms with Crippen LogP contribution in [0.25, 0.3) is 22.0 Å². The maximum Gasteiger partial charge on any atom is 0.343 e. The zero-order valence-electron chi connectivity index (χ0n) is 17.2. The molecular weight excluding hydrogens is 414 g/mol. The number of carbonyl (C=O) groups is 1. The van der Waals surface area contributed by atoms with E-state index in [2.05, 4.69) is 4.98 Å². The number of pyridine rings is 1. The smallest absolute Gasteiger partial charge is 0.343 e. The third-order valence-electron chi connectivity index (χ3n) is 5.86. The number of fused-ring (bicyclic) bond motifs is 1. The maximum atomic E-state index is 12.4. The lowest BCUT2D eigenvalue weighted by atomic mass is 10.0. The molecule has 2 saturated heterocycles. The van der Waals surface area contributed by atoms with Crippen LogP contribution in [0.1, 0.15) is 19.3 Å². The van der Waals surface area contributed by atoms with Gasteiger partial charge < -0.3 is 9.64 Å². The number of amides is 2. The molecule has 3 heterocycles. The van der Waals surface area contributed by atoms with Gasteiger partial charge in [-0.25, -0.2) is 9.86 Å². The second kappa shape index (κ2) is 8.73. The van der Waals surface area contributed by atoms with Gasteiger partial charge in [-0.05, 0) is 30.2 Å². The summed E-state index contributed by atoms with van der Waals surface area (Å²) in [6, 6.07) is 15.9. The van der Waals surface area contributed by atoms with E-state index in [0.717, 1.165) is 47.0 Å². The van der Waals surface area contributed by atoms with Gasteiger partial charge in [0.2, 0.25) is 0 Å². The SMILES string of the molecule is O=C(N1CCC(Oc2ccc(-c3ccc4cccnc4c3Cl)cc2)CC1)N1CCCO1. The van der Waals surface area contributed by atoms with Gasteiger partial charge in [-0.2, -0.15) is 0 Å². The minimum Gasteiger partial charge on any atom is -0.490 e. The second-order valence-electron chi connectivity index (χ2n) is 7.90. The predicted molar refractivity (Wildman–Crippen MR) is 120 cm³/mol. The molecule has 0 spiro atoms. The molecule has 0 radical (unpaired) electrons. The lowest BCUT2D eigenvalue weighted by molar-refractivity contribution is -0.0797. The average Bonchev–Trinajstić information content (AvgIpc) is 3.35. The van der Waals surface area contributed by atoms with Crippen molar-refractivity contribution in [2.45, 2.75) is 25.4 Å². The molecule has 7 heteroatoms. The van der Waals surface area contributed by atoms with Gasteiger partial charge in [-0.15, -0.1) is 0 Å². The highest BCUT2D eigenvalue weighted by molar-refractivity contribution is 6.37. The van der Waals surface area contributed by atoms with E-state index in [0.29, 0.717) is 31.3 Å². The number of hydroxylamine groups is 2. The number of urea groups is 1. The van der Waals surface area contributed by atoms with Crippen LogP contribution in [0, 0.1) is 0 Å². The van der Waals surface area contributed by atoms with Crippen LogP contribution in [0.2, 0.25) is 5.02 Å². The summed E-state index contributed by atoms with van der Waals surface area (Å²) in [5.41, 5.74) is 2.79. The first-order chi connectivity index (χ1) is 15.2. The fourth-order valence-electron chi connectivity index (χ4n) is 4.16. The Hall–Kier alpha value is -2.83. The Bertz CT molecular complexity index is 1080. The molecule has 3 aromatic rings. The first-order valence-corrected chi connectivity index (χ1v) is 11.1. The van der Waals surface area contributed by atoms with Crippen molar-refractivity contribution in [2.75, 3.05) is 26.2 Å². The molecule has 0 bridgehead atoms. The molecule has 0 atom stereocenters. The van der Waals surface area contributed by atoms with Crippen LogP contribution in [0.4, 0.5) is 4.79 Å². The highest BCUT2D eigenvalue weighted by Crippen LogP contribution is 2.34. The summed E-state index contributed by atoms with van der Waals surface area (Å²) in [6.45, 7) is 2.67. The molecule has 2 aliphatic heterocycles. The van der Waals surface area contributed by atoms with E-state index in [1.165, 1.54) is 5.06 Å². The first kappa shape index (κ1) is 20.1. The number of rotatable bonds is 3. The zero-order chi connectivity index (χ0) is 21.2. The number of aromatic nitrogens is 1. The van der Waals surface area contributed by atoms with E-state index in [1.54, 1.807) is 6.20 Å². The normalized spacial score (nSPS) is 17.3. The van der Waals surface area contributed by atoms with E-state index < -0.39 is 0 Å². The van der Waals surface area contributed by atoms with E-state index in [4.69, 9.17) is 21.2 Å². The average molecular weight is 438 g/mol. The summed E-state index contributed by atoms with van der Waals surface area (Å²) in [5, 5.41) is 3.16. The van der Waals surface area contributed by atoms with Crippen LogP contribution in [0.5, 0.6) is 5.75 Å². The summed E-state index contributed by atoms with van der Waals surface area (Å²) in [5.74, 6) is 0.825. The number of halogens is 1. The number of benzene rings is 2. The minimum absolute atomic E-state index is 0.0259. The fourth-order valence-corrected chi connectivity index (χ4v) is 4.49. The standard InChI is InChI=1S/C24H24ClN3O3/c25-22-21(9-6-18-3-1-12-26-23(18)22)17-4-7-19(8-5-17)31-20-10-14-27(15-11-20)24(29)28-13-2-16-30-28/h1,3-9,12,20H,2,10-11,13-16H2. The van der Waals surface area contributed by atoms with Crippen LogP contribution in [-0.2, 0) is 4.84 Å². The first-order valence-electron chi connectivity index (χ1n) is 10.7. The molecule has 1 aromatic heterocycles. The molecule has 2 aromatic carbocycles. The van der Waals surface area contributed by atoms with Gasteiger partial charge in [-0.3, -0.25) is 9.82 Å². The molecule has 6 nitrogen and oxygen atoms in total. The van der Waals surface area contributed by atoms with Gasteiger partial charge in [0.1, 0.15) is 11.9 Å². The highest BCUT2D eigenvalue weighted by atomic mass is 35.5. The van der Waals surface area contributed by atoms with Crippen molar-refractivity contribution in [2.24, 2.45) is 0 Å². The van der Waals surface area contributed by atoms with Crippen molar-refractivity contribution in [1.82, 2.24) is 14.9 Å². The Labute approximate surface area is 186 Å². The summed E-state index contributed by atoms with van der Waals surface area (Å²) in [7, 11) is 0. The Kier molecular flexibility index (Phi) is 5.66. The minimum atomic E-state index is -0.0259. The number of hydrogen-bond acceptors (Lipinski definition) is 4. The Morgan fingerprint density at radius 2 is 1.87 bits per heavy atom. The van der Waals surface area contributed by atoms with Crippen molar-refractivity contribution < 1.29 is 14.4 Å². The number of ether oxygens (including phenoxy) is 1. The van der Waals surface area contributed by atoms with Crippen molar-refractivity contribution in [1.29, 1.82) is 0 Å². The molecule has 5 rings (SSSR count). The molecular formula is C24H24ClN3O3. The van der Waals surface area contributed by atoms with Gasteiger partial charge in [0.15, 0.2) is 0 Å². The highest BCUT2D eigenvalue weighted by Gasteiger charge is 2.29. The molecule has 0 unspecified atom stereocenters. The predicted octanol–water partition coefficient (Wildman–Crippen LogP) is 5.16. The van der Waals surface area contributed by atoms with Crippen LogP contribution in [0.15, 0.2) is 54.7 Å². The van der Waals surface area contributed by atoms with Crippen LogP contribution in [0.3, 0.4) is 0 Å². The van der Waals surface area contributed by atoms with Crippen molar-refractivity contribution in [3.63, 3.8) is 0 Å². The third kappa shape index (κ3) is 4.18. The lowest BCUT2D eigenvalue weighted by Crippen LogP contribution is -2.47. The number of piperidine rings is 1. The topological polar surface area (TPSA) is 54.9 Å². The Morgan fingerprint density at radius 3 is 2.61 bits per heavy atom. The monoisotopic (exact) mass is 437 g/mol. The molecule has 2 aliphatic rings. The van der Waals surface area contributed by atoms with Crippen molar-refractivity contribution in [3.05, 3.63) is 59.8 Å². The quantitative estimate of drug-likeness (QED) is 0.568. The van der Waals surface area contributed by atoms with Gasteiger partial charge in [0.25, 0.3) is 0 Å². The van der Waals surface area contributed by atoms with Gasteiger partial charge in [-0.1, -0.05) is 41.9 Å². The number of hydrogen-bond donors (Lipinski definition) is 0. The Morgan fingerprint density at radius 1 is 1.06 bits per heavy atom. The second-order valence-corrected chi connectivity index (χ2v) is 8.28. The van der Waals surface area contributed by atoms with Crippen molar-refractivity contribution >= 4 is 28.5 Å². The summed E-state index contributed by atoms with van der Waals surface area (Å²) in [6.07, 6.45) is 4.38. The fraction of sp³-hybridized carbons (Fsp3) is 0.333. The molecule has 2 amide bonds. The van der Waals surface area contributed by atoms with Gasteiger partial charge in [0.05, 0.1) is 23.7 Å². The van der Waals surface area contributed by atoms with Gasteiger partial charge >= 0.3 is 6.03 Å². The zero-order valence-corrected chi connectivity index (χ0v) is 17.9. The maximum absolute atomic E-state index is 12.4. The third-order valence-corrected chi connectivity index (χ3v) is 6.24. The molecule has 2 fully saturated rings. The van der Waals surface area contributed by atoms with Crippen molar-refractivity contribution in [3.8, 4) is 16.9 Å². The van der Waals surface area contributed by atoms with Crippen LogP contribution >= 0.6 is 11.6 Å². The molecule has 0 N–H and O–H groups in total. The molecule has 160 valence electrons. The number of nitrogens with zero attached hydrogens (tertiary/aromatic N) is 3. The number of carbonyl (C=O) groups excluding carboxylic acids is 1. The largest absolute Gasteiger partial charge is 0.490 e. The lowest BCUT2D eigenvalue weighted by Gasteiger charge is -2.33. The molecule has 31 heavy (non-hydrogen) atoms. The van der Waals surface area contributed by atoms with Crippen LogP contribution < -0.4 is 4.74 Å². The molecule has 0 aliphatic carbocycles. The number of likely N-dealkylation sites (tertiary alicyclic amines) is 1. The van der Waals surface area contributed by atoms with Crippen LogP contribution in [-0.4, -0.2) is 53.3 Å². The summed E-state index contributed by atoms with van der Waals surface area (Å²) in [4.78, 5) is 24.0. The summed E-state index contributed by atoms with van der Waals surface area (Å²) >= 11 is 6.62.